The molecule has 1 heterocycles. The monoisotopic (exact) mass is 497 g/mol. The topological polar surface area (TPSA) is 82.1 Å². The highest BCUT2D eigenvalue weighted by atomic mass is 79.9. The van der Waals surface area contributed by atoms with Crippen molar-refractivity contribution < 1.29 is 27.4 Å². The molecule has 7 nitrogen and oxygen atoms in total. The van der Waals surface area contributed by atoms with E-state index in [0.717, 1.165) is 15.6 Å². The number of rotatable bonds is 8. The van der Waals surface area contributed by atoms with E-state index >= 15 is 0 Å². The predicted molar refractivity (Wildman–Crippen MR) is 115 cm³/mol. The fourth-order valence-corrected chi connectivity index (χ4v) is 5.04. The second kappa shape index (κ2) is 10.4. The number of carbonyl (C=O) groups is 1. The molecule has 2 aromatic carbocycles. The SMILES string of the molecule is COc1ccc(COC(=O)CCc2ccc(S(=O)(=O)N3CCOCC3)cc2)cc1Br. The fourth-order valence-electron chi connectivity index (χ4n) is 3.05. The molecular weight excluding hydrogens is 474 g/mol. The molecule has 0 saturated carbocycles. The minimum absolute atomic E-state index is 0.179. The van der Waals surface area contributed by atoms with Crippen LogP contribution < -0.4 is 4.74 Å². The van der Waals surface area contributed by atoms with Gasteiger partial charge in [0, 0.05) is 19.5 Å². The molecule has 0 atom stereocenters. The molecule has 162 valence electrons. The summed E-state index contributed by atoms with van der Waals surface area (Å²) in [5.41, 5.74) is 1.73. The van der Waals surface area contributed by atoms with Gasteiger partial charge < -0.3 is 14.2 Å². The fraction of sp³-hybridized carbons (Fsp3) is 0.381. The van der Waals surface area contributed by atoms with Gasteiger partial charge in [-0.25, -0.2) is 8.42 Å². The van der Waals surface area contributed by atoms with Crippen molar-refractivity contribution in [1.82, 2.24) is 4.31 Å². The van der Waals surface area contributed by atoms with Crippen LogP contribution >= 0.6 is 15.9 Å². The van der Waals surface area contributed by atoms with Crippen LogP contribution in [-0.2, 0) is 37.3 Å². The van der Waals surface area contributed by atoms with Gasteiger partial charge in [0.25, 0.3) is 0 Å². The maximum Gasteiger partial charge on any atom is 0.306 e. The molecular formula is C21H24BrNO6S. The van der Waals surface area contributed by atoms with E-state index in [1.807, 2.05) is 12.1 Å². The first-order chi connectivity index (χ1) is 14.4. The van der Waals surface area contributed by atoms with Crippen LogP contribution in [0.25, 0.3) is 0 Å². The van der Waals surface area contributed by atoms with Crippen LogP contribution in [0.2, 0.25) is 0 Å². The molecule has 0 unspecified atom stereocenters. The quantitative estimate of drug-likeness (QED) is 0.521. The highest BCUT2D eigenvalue weighted by molar-refractivity contribution is 9.10. The van der Waals surface area contributed by atoms with Crippen LogP contribution in [0.1, 0.15) is 17.5 Å². The molecule has 0 N–H and O–H groups in total. The third kappa shape index (κ3) is 5.81. The van der Waals surface area contributed by atoms with Gasteiger partial charge in [0.2, 0.25) is 10.0 Å². The van der Waals surface area contributed by atoms with E-state index in [2.05, 4.69) is 15.9 Å². The lowest BCUT2D eigenvalue weighted by atomic mass is 10.1. The second-order valence-electron chi connectivity index (χ2n) is 6.79. The Hall–Kier alpha value is -1.94. The summed E-state index contributed by atoms with van der Waals surface area (Å²) in [6.45, 7) is 1.72. The number of nitrogens with zero attached hydrogens (tertiary/aromatic N) is 1. The Labute approximate surface area is 185 Å². The average Bonchev–Trinajstić information content (AvgIpc) is 2.77. The van der Waals surface area contributed by atoms with E-state index in [1.54, 1.807) is 37.4 Å². The van der Waals surface area contributed by atoms with E-state index in [-0.39, 0.29) is 23.9 Å². The lowest BCUT2D eigenvalue weighted by Gasteiger charge is -2.26. The van der Waals surface area contributed by atoms with Gasteiger partial charge in [0.1, 0.15) is 12.4 Å². The number of halogens is 1. The molecule has 9 heteroatoms. The molecule has 3 rings (SSSR count). The van der Waals surface area contributed by atoms with Gasteiger partial charge in [-0.05, 0) is 57.7 Å². The number of carbonyl (C=O) groups excluding carboxylic acids is 1. The maximum absolute atomic E-state index is 12.6. The Kier molecular flexibility index (Phi) is 7.87. The van der Waals surface area contributed by atoms with Crippen LogP contribution in [-0.4, -0.2) is 52.1 Å². The first kappa shape index (κ1) is 22.7. The van der Waals surface area contributed by atoms with Crippen LogP contribution in [0.5, 0.6) is 5.75 Å². The summed E-state index contributed by atoms with van der Waals surface area (Å²) in [7, 11) is -1.92. The number of morpholine rings is 1. The minimum Gasteiger partial charge on any atom is -0.496 e. The van der Waals surface area contributed by atoms with Crippen molar-refractivity contribution >= 4 is 31.9 Å². The number of hydrogen-bond acceptors (Lipinski definition) is 6. The third-order valence-electron chi connectivity index (χ3n) is 4.77. The van der Waals surface area contributed by atoms with E-state index < -0.39 is 10.0 Å². The van der Waals surface area contributed by atoms with E-state index in [9.17, 15) is 13.2 Å². The minimum atomic E-state index is -3.51. The summed E-state index contributed by atoms with van der Waals surface area (Å²) in [6, 6.07) is 12.1. The van der Waals surface area contributed by atoms with Crippen molar-refractivity contribution in [3.8, 4) is 5.75 Å². The lowest BCUT2D eigenvalue weighted by Crippen LogP contribution is -2.40. The highest BCUT2D eigenvalue weighted by Gasteiger charge is 2.26. The van der Waals surface area contributed by atoms with Crippen LogP contribution in [0.4, 0.5) is 0 Å². The van der Waals surface area contributed by atoms with Crippen molar-refractivity contribution in [3.63, 3.8) is 0 Å². The normalized spacial score (nSPS) is 15.0. The second-order valence-corrected chi connectivity index (χ2v) is 9.58. The maximum atomic E-state index is 12.6. The molecule has 0 aromatic heterocycles. The number of methoxy groups -OCH3 is 1. The zero-order valence-corrected chi connectivity index (χ0v) is 19.1. The Morgan fingerprint density at radius 2 is 1.77 bits per heavy atom. The summed E-state index contributed by atoms with van der Waals surface area (Å²) in [6.07, 6.45) is 0.690. The summed E-state index contributed by atoms with van der Waals surface area (Å²) in [5.74, 6) is 0.399. The van der Waals surface area contributed by atoms with Crippen molar-refractivity contribution in [2.75, 3.05) is 33.4 Å². The molecule has 0 bridgehead atoms. The van der Waals surface area contributed by atoms with Gasteiger partial charge in [0.15, 0.2) is 0 Å². The molecule has 0 spiro atoms. The standard InChI is InChI=1S/C21H24BrNO6S/c1-27-20-8-4-17(14-19(20)22)15-29-21(24)9-5-16-2-6-18(7-3-16)30(25,26)23-10-12-28-13-11-23/h2-4,6-8,14H,5,9-13,15H2,1H3. The van der Waals surface area contributed by atoms with Crippen molar-refractivity contribution in [2.24, 2.45) is 0 Å². The Morgan fingerprint density at radius 3 is 2.40 bits per heavy atom. The van der Waals surface area contributed by atoms with Gasteiger partial charge in [-0.1, -0.05) is 18.2 Å². The smallest absolute Gasteiger partial charge is 0.306 e. The molecule has 2 aromatic rings. The lowest BCUT2D eigenvalue weighted by molar-refractivity contribution is -0.144. The van der Waals surface area contributed by atoms with Crippen molar-refractivity contribution in [3.05, 3.63) is 58.1 Å². The number of aryl methyl sites for hydroxylation is 1. The summed E-state index contributed by atoms with van der Waals surface area (Å²) in [5, 5.41) is 0. The van der Waals surface area contributed by atoms with Gasteiger partial charge >= 0.3 is 5.97 Å². The third-order valence-corrected chi connectivity index (χ3v) is 7.30. The zero-order valence-electron chi connectivity index (χ0n) is 16.7. The van der Waals surface area contributed by atoms with Gasteiger partial charge in [-0.3, -0.25) is 4.79 Å². The zero-order chi connectivity index (χ0) is 21.6. The predicted octanol–water partition coefficient (Wildman–Crippen LogP) is 3.15. The number of hydrogen-bond donors (Lipinski definition) is 0. The number of esters is 1. The largest absolute Gasteiger partial charge is 0.496 e. The molecule has 1 fully saturated rings. The number of benzene rings is 2. The molecule has 1 aliphatic heterocycles. The number of sulfonamides is 1. The summed E-state index contributed by atoms with van der Waals surface area (Å²) >= 11 is 3.40. The van der Waals surface area contributed by atoms with Crippen LogP contribution in [0.3, 0.4) is 0 Å². The molecule has 30 heavy (non-hydrogen) atoms. The molecule has 1 aliphatic rings. The van der Waals surface area contributed by atoms with Crippen LogP contribution in [0, 0.1) is 0 Å². The summed E-state index contributed by atoms with van der Waals surface area (Å²) < 4.78 is 43.2. The first-order valence-corrected chi connectivity index (χ1v) is 11.8. The Morgan fingerprint density at radius 1 is 1.10 bits per heavy atom. The van der Waals surface area contributed by atoms with E-state index in [4.69, 9.17) is 14.2 Å². The average molecular weight is 498 g/mol. The molecule has 0 aliphatic carbocycles. The molecule has 0 radical (unpaired) electrons. The van der Waals surface area contributed by atoms with E-state index in [1.165, 1.54) is 4.31 Å². The van der Waals surface area contributed by atoms with Crippen LogP contribution in [0.15, 0.2) is 51.8 Å². The Bertz CT molecular complexity index is 971. The van der Waals surface area contributed by atoms with Crippen molar-refractivity contribution in [2.45, 2.75) is 24.3 Å². The first-order valence-electron chi connectivity index (χ1n) is 9.55. The Balaban J connectivity index is 1.49. The highest BCUT2D eigenvalue weighted by Crippen LogP contribution is 2.26. The molecule has 1 saturated heterocycles. The molecule has 0 amide bonds. The van der Waals surface area contributed by atoms with E-state index in [0.29, 0.717) is 38.5 Å². The van der Waals surface area contributed by atoms with Gasteiger partial charge in [-0.15, -0.1) is 0 Å². The van der Waals surface area contributed by atoms with Gasteiger partial charge in [-0.2, -0.15) is 4.31 Å². The summed E-state index contributed by atoms with van der Waals surface area (Å²) in [4.78, 5) is 12.3. The number of ether oxygens (including phenoxy) is 3. The van der Waals surface area contributed by atoms with Gasteiger partial charge in [0.05, 0.1) is 29.7 Å². The van der Waals surface area contributed by atoms with Crippen molar-refractivity contribution in [1.29, 1.82) is 0 Å².